The van der Waals surface area contributed by atoms with Gasteiger partial charge in [-0.2, -0.15) is 11.8 Å². The molecule has 4 atom stereocenters. The Labute approximate surface area is 256 Å². The highest BCUT2D eigenvalue weighted by Crippen LogP contribution is 2.34. The number of carboxylic acid groups (broad SMARTS) is 1. The van der Waals surface area contributed by atoms with Gasteiger partial charge in [0.15, 0.2) is 0 Å². The van der Waals surface area contributed by atoms with Crippen LogP contribution in [0.25, 0.3) is 11.1 Å². The third-order valence-corrected chi connectivity index (χ3v) is 9.38. The molecule has 232 valence electrons. The minimum absolute atomic E-state index is 0.000466. The Morgan fingerprint density at radius 3 is 2.36 bits per heavy atom. The highest BCUT2D eigenvalue weighted by atomic mass is 32.2. The lowest BCUT2D eigenvalue weighted by atomic mass is 9.77. The van der Waals surface area contributed by atoms with Crippen LogP contribution in [0, 0.1) is 24.7 Å². The molecule has 2 unspecified atom stereocenters. The van der Waals surface area contributed by atoms with Gasteiger partial charge in [-0.1, -0.05) is 82.3 Å². The van der Waals surface area contributed by atoms with Gasteiger partial charge in [-0.05, 0) is 97.1 Å². The van der Waals surface area contributed by atoms with Crippen LogP contribution in [-0.2, 0) is 11.2 Å². The van der Waals surface area contributed by atoms with Gasteiger partial charge < -0.3 is 20.6 Å². The summed E-state index contributed by atoms with van der Waals surface area (Å²) in [5.41, 5.74) is 4.26. The van der Waals surface area contributed by atoms with E-state index >= 15 is 0 Å². The second-order valence-corrected chi connectivity index (χ2v) is 13.6. The molecule has 0 aromatic heterocycles. The molecule has 7 heteroatoms. The number of benzene rings is 2. The largest absolute Gasteiger partial charge is 0.480 e. The van der Waals surface area contributed by atoms with Crippen LogP contribution in [0.1, 0.15) is 93.1 Å². The average molecular weight is 598 g/mol. The molecule has 2 aromatic carbocycles. The minimum atomic E-state index is -1.03. The van der Waals surface area contributed by atoms with Gasteiger partial charge in [0.25, 0.3) is 5.91 Å². The second kappa shape index (κ2) is 17.1. The number of carbonyl (C=O) groups excluding carboxylic acids is 1. The monoisotopic (exact) mass is 597 g/mol. The molecule has 0 saturated heterocycles. The van der Waals surface area contributed by atoms with E-state index in [1.807, 2.05) is 49.6 Å². The molecule has 42 heavy (non-hydrogen) atoms. The topological polar surface area (TPSA) is 107 Å². The molecule has 0 aliphatic heterocycles. The van der Waals surface area contributed by atoms with E-state index in [1.165, 1.54) is 32.1 Å². The van der Waals surface area contributed by atoms with E-state index in [0.717, 1.165) is 41.5 Å². The summed E-state index contributed by atoms with van der Waals surface area (Å²) >= 11 is 1.55. The molecule has 0 radical (unpaired) electrons. The zero-order valence-corrected chi connectivity index (χ0v) is 26.7. The smallest absolute Gasteiger partial charge is 0.326 e. The number of aliphatic hydroxyl groups is 2. The fourth-order valence-corrected chi connectivity index (χ4v) is 6.81. The fraction of sp³-hybridized carbons (Fsp3) is 0.600. The predicted octanol–water partition coefficient (Wildman–Crippen LogP) is 6.89. The minimum Gasteiger partial charge on any atom is -0.480 e. The van der Waals surface area contributed by atoms with E-state index in [9.17, 15) is 24.9 Å². The van der Waals surface area contributed by atoms with Crippen molar-refractivity contribution in [3.8, 4) is 11.1 Å². The molecule has 6 nitrogen and oxygen atoms in total. The summed E-state index contributed by atoms with van der Waals surface area (Å²) in [6.07, 6.45) is 9.90. The van der Waals surface area contributed by atoms with Crippen molar-refractivity contribution in [1.29, 1.82) is 0 Å². The van der Waals surface area contributed by atoms with Crippen LogP contribution in [0.4, 0.5) is 0 Å². The molecule has 3 rings (SSSR count). The maximum absolute atomic E-state index is 13.4. The summed E-state index contributed by atoms with van der Waals surface area (Å²) in [5.74, 6) is 0.109. The lowest BCUT2D eigenvalue weighted by molar-refractivity contribution is -0.139. The Bertz CT molecular complexity index is 1150. The lowest BCUT2D eigenvalue weighted by Crippen LogP contribution is -2.41. The third kappa shape index (κ3) is 10.1. The molecule has 1 aliphatic rings. The van der Waals surface area contributed by atoms with Crippen LogP contribution in [0.3, 0.4) is 0 Å². The summed E-state index contributed by atoms with van der Waals surface area (Å²) in [4.78, 5) is 25.3. The van der Waals surface area contributed by atoms with Crippen molar-refractivity contribution in [2.45, 2.75) is 103 Å². The van der Waals surface area contributed by atoms with Crippen molar-refractivity contribution in [2.24, 2.45) is 17.8 Å². The summed E-state index contributed by atoms with van der Waals surface area (Å²) in [6.45, 7) is 6.14. The number of nitrogens with one attached hydrogen (secondary N) is 1. The first-order valence-corrected chi connectivity index (χ1v) is 17.1. The summed E-state index contributed by atoms with van der Waals surface area (Å²) < 4.78 is 0. The van der Waals surface area contributed by atoms with Gasteiger partial charge in [-0.3, -0.25) is 4.79 Å². The molecular weight excluding hydrogens is 546 g/mol. The second-order valence-electron chi connectivity index (χ2n) is 12.6. The van der Waals surface area contributed by atoms with Gasteiger partial charge in [0.2, 0.25) is 0 Å². The van der Waals surface area contributed by atoms with Crippen molar-refractivity contribution in [3.63, 3.8) is 0 Å². The molecule has 1 amide bonds. The highest BCUT2D eigenvalue weighted by molar-refractivity contribution is 7.98. The molecule has 4 N–H and O–H groups in total. The van der Waals surface area contributed by atoms with E-state index in [1.54, 1.807) is 17.8 Å². The van der Waals surface area contributed by atoms with Gasteiger partial charge in [0, 0.05) is 5.56 Å². The molecule has 1 aliphatic carbocycles. The van der Waals surface area contributed by atoms with Crippen molar-refractivity contribution in [2.75, 3.05) is 12.0 Å². The molecule has 1 saturated carbocycles. The van der Waals surface area contributed by atoms with Crippen LogP contribution in [0.2, 0.25) is 0 Å². The van der Waals surface area contributed by atoms with E-state index < -0.39 is 30.1 Å². The van der Waals surface area contributed by atoms with Gasteiger partial charge in [0.05, 0.1) is 12.2 Å². The maximum atomic E-state index is 13.4. The maximum Gasteiger partial charge on any atom is 0.326 e. The molecule has 1 fully saturated rings. The quantitative estimate of drug-likeness (QED) is 0.168. The number of hydrogen-bond acceptors (Lipinski definition) is 5. The standard InChI is InChI=1S/C35H51NO5S/c1-23(2)20-32(37)33(38)27(21-25-11-6-5-7-12-25)16-14-26-15-17-29(30(22-26)28-13-9-8-10-24(28)3)34(39)36-31(35(40)41)18-19-42-4/h8-10,13,15,17,22-23,25,27,31-33,37-38H,5-7,11-12,14,16,18-21H2,1-4H3,(H,36,39)(H,40,41)/t27-,31-,32?,33?/m0/s1. The Balaban J connectivity index is 1.87. The predicted molar refractivity (Wildman–Crippen MR) is 173 cm³/mol. The Kier molecular flexibility index (Phi) is 13.9. The number of carbonyl (C=O) groups is 2. The number of amides is 1. The molecule has 0 spiro atoms. The van der Waals surface area contributed by atoms with Gasteiger partial charge >= 0.3 is 5.97 Å². The van der Waals surface area contributed by atoms with Crippen LogP contribution in [0.5, 0.6) is 0 Å². The zero-order valence-electron chi connectivity index (χ0n) is 25.9. The van der Waals surface area contributed by atoms with Crippen molar-refractivity contribution in [3.05, 3.63) is 59.2 Å². The fourth-order valence-electron chi connectivity index (χ4n) is 6.34. The van der Waals surface area contributed by atoms with Crippen molar-refractivity contribution in [1.82, 2.24) is 5.32 Å². The van der Waals surface area contributed by atoms with E-state index in [4.69, 9.17) is 0 Å². The van der Waals surface area contributed by atoms with Crippen molar-refractivity contribution < 1.29 is 24.9 Å². The number of aliphatic hydroxyl groups excluding tert-OH is 2. The third-order valence-electron chi connectivity index (χ3n) is 8.73. The van der Waals surface area contributed by atoms with Crippen LogP contribution >= 0.6 is 11.8 Å². The first-order chi connectivity index (χ1) is 20.1. The number of hydrogen-bond donors (Lipinski definition) is 4. The Hall–Kier alpha value is -2.35. The molecule has 2 aromatic rings. The number of aryl methyl sites for hydroxylation is 2. The zero-order chi connectivity index (χ0) is 30.6. The Morgan fingerprint density at radius 2 is 1.71 bits per heavy atom. The summed E-state index contributed by atoms with van der Waals surface area (Å²) in [5, 5.41) is 34.5. The summed E-state index contributed by atoms with van der Waals surface area (Å²) in [7, 11) is 0. The molecular formula is C35H51NO5S. The van der Waals surface area contributed by atoms with E-state index in [0.29, 0.717) is 36.0 Å². The normalized spacial score (nSPS) is 17.0. The van der Waals surface area contributed by atoms with Crippen LogP contribution < -0.4 is 5.32 Å². The first-order valence-electron chi connectivity index (χ1n) is 15.7. The summed E-state index contributed by atoms with van der Waals surface area (Å²) in [6, 6.07) is 12.8. The molecule has 0 bridgehead atoms. The van der Waals surface area contributed by atoms with Crippen molar-refractivity contribution >= 4 is 23.6 Å². The lowest BCUT2D eigenvalue weighted by Gasteiger charge is -2.32. The molecule has 0 heterocycles. The highest BCUT2D eigenvalue weighted by Gasteiger charge is 2.30. The SMILES string of the molecule is CSCC[C@H](NC(=O)c1ccc(CC[C@@H](CC2CCCCC2)C(O)C(O)CC(C)C)cc1-c1ccccc1C)C(=O)O. The van der Waals surface area contributed by atoms with Crippen LogP contribution in [-0.4, -0.2) is 57.5 Å². The first kappa shape index (κ1) is 34.1. The van der Waals surface area contributed by atoms with E-state index in [2.05, 4.69) is 19.2 Å². The van der Waals surface area contributed by atoms with E-state index in [-0.39, 0.29) is 5.92 Å². The van der Waals surface area contributed by atoms with Crippen LogP contribution in [0.15, 0.2) is 42.5 Å². The number of aliphatic carboxylic acids is 1. The number of thioether (sulfide) groups is 1. The van der Waals surface area contributed by atoms with Gasteiger partial charge in [0.1, 0.15) is 6.04 Å². The van der Waals surface area contributed by atoms with Gasteiger partial charge in [-0.15, -0.1) is 0 Å². The Morgan fingerprint density at radius 1 is 1.00 bits per heavy atom. The number of carboxylic acids is 1. The number of rotatable bonds is 16. The average Bonchev–Trinajstić information content (AvgIpc) is 2.97. The van der Waals surface area contributed by atoms with Gasteiger partial charge in [-0.25, -0.2) is 4.79 Å².